The fourth-order valence-electron chi connectivity index (χ4n) is 2.82. The van der Waals surface area contributed by atoms with E-state index in [4.69, 9.17) is 16.3 Å². The molecule has 0 saturated heterocycles. The van der Waals surface area contributed by atoms with Crippen molar-refractivity contribution in [3.63, 3.8) is 0 Å². The number of phenols is 1. The van der Waals surface area contributed by atoms with E-state index in [9.17, 15) is 5.11 Å². The molecule has 1 aromatic heterocycles. The molecule has 0 unspecified atom stereocenters. The summed E-state index contributed by atoms with van der Waals surface area (Å²) in [5.41, 5.74) is 1.73. The predicted octanol–water partition coefficient (Wildman–Crippen LogP) is 4.17. The molecule has 1 N–H and O–H groups in total. The van der Waals surface area contributed by atoms with Crippen molar-refractivity contribution in [1.29, 1.82) is 0 Å². The van der Waals surface area contributed by atoms with E-state index in [2.05, 4.69) is 9.97 Å². The van der Waals surface area contributed by atoms with Crippen LogP contribution in [0.2, 0.25) is 5.15 Å². The van der Waals surface area contributed by atoms with E-state index in [1.54, 1.807) is 12.1 Å². The second-order valence-electron chi connectivity index (χ2n) is 5.31. The second kappa shape index (κ2) is 5.90. The van der Waals surface area contributed by atoms with Gasteiger partial charge in [-0.25, -0.2) is 9.97 Å². The highest BCUT2D eigenvalue weighted by Crippen LogP contribution is 2.35. The Morgan fingerprint density at radius 3 is 2.62 bits per heavy atom. The Morgan fingerprint density at radius 1 is 1.19 bits per heavy atom. The molecule has 1 aromatic carbocycles. The van der Waals surface area contributed by atoms with Crippen LogP contribution in [-0.4, -0.2) is 22.2 Å². The van der Waals surface area contributed by atoms with Crippen molar-refractivity contribution in [2.45, 2.75) is 31.6 Å². The van der Waals surface area contributed by atoms with Gasteiger partial charge >= 0.3 is 0 Å². The maximum Gasteiger partial charge on any atom is 0.161 e. The smallest absolute Gasteiger partial charge is 0.161 e. The Balaban J connectivity index is 1.99. The van der Waals surface area contributed by atoms with E-state index in [-0.39, 0.29) is 5.75 Å². The van der Waals surface area contributed by atoms with Crippen molar-refractivity contribution in [2.24, 2.45) is 0 Å². The van der Waals surface area contributed by atoms with Gasteiger partial charge in [0, 0.05) is 17.2 Å². The highest BCUT2D eigenvalue weighted by atomic mass is 35.5. The minimum absolute atomic E-state index is 0.0704. The summed E-state index contributed by atoms with van der Waals surface area (Å²) in [5, 5.41) is 10.3. The maximum atomic E-state index is 9.89. The van der Waals surface area contributed by atoms with Gasteiger partial charge in [0.15, 0.2) is 17.3 Å². The first-order valence-corrected chi connectivity index (χ1v) is 7.47. The SMILES string of the molecule is COc1ccc(-c2nc(Cl)cc(C3CCCC3)n2)cc1O. The van der Waals surface area contributed by atoms with Crippen molar-refractivity contribution >= 4 is 11.6 Å². The number of methoxy groups -OCH3 is 1. The molecule has 0 atom stereocenters. The Bertz CT molecular complexity index is 655. The molecule has 21 heavy (non-hydrogen) atoms. The fourth-order valence-corrected chi connectivity index (χ4v) is 3.02. The lowest BCUT2D eigenvalue weighted by Gasteiger charge is -2.11. The first-order valence-electron chi connectivity index (χ1n) is 7.09. The van der Waals surface area contributed by atoms with E-state index >= 15 is 0 Å². The molecule has 1 fully saturated rings. The van der Waals surface area contributed by atoms with Gasteiger partial charge in [0.25, 0.3) is 0 Å². The van der Waals surface area contributed by atoms with Crippen molar-refractivity contribution in [3.8, 4) is 22.9 Å². The highest BCUT2D eigenvalue weighted by Gasteiger charge is 2.20. The fraction of sp³-hybridized carbons (Fsp3) is 0.375. The minimum Gasteiger partial charge on any atom is -0.504 e. The van der Waals surface area contributed by atoms with Crippen LogP contribution in [0.4, 0.5) is 0 Å². The number of aromatic nitrogens is 2. The summed E-state index contributed by atoms with van der Waals surface area (Å²) in [6.07, 6.45) is 4.79. The zero-order chi connectivity index (χ0) is 14.8. The number of benzene rings is 1. The van der Waals surface area contributed by atoms with Crippen LogP contribution in [0, 0.1) is 0 Å². The van der Waals surface area contributed by atoms with Crippen molar-refractivity contribution < 1.29 is 9.84 Å². The van der Waals surface area contributed by atoms with Gasteiger partial charge in [0.1, 0.15) is 5.15 Å². The summed E-state index contributed by atoms with van der Waals surface area (Å²) < 4.78 is 5.05. The van der Waals surface area contributed by atoms with Crippen LogP contribution in [0.3, 0.4) is 0 Å². The van der Waals surface area contributed by atoms with Crippen LogP contribution in [0.25, 0.3) is 11.4 Å². The van der Waals surface area contributed by atoms with Crippen LogP contribution in [0.15, 0.2) is 24.3 Å². The molecule has 0 aliphatic heterocycles. The molecule has 3 rings (SSSR count). The van der Waals surface area contributed by atoms with Crippen LogP contribution >= 0.6 is 11.6 Å². The average molecular weight is 305 g/mol. The third kappa shape index (κ3) is 2.95. The number of ether oxygens (including phenoxy) is 1. The summed E-state index contributed by atoms with van der Waals surface area (Å²) in [4.78, 5) is 8.91. The highest BCUT2D eigenvalue weighted by molar-refractivity contribution is 6.29. The van der Waals surface area contributed by atoms with Gasteiger partial charge in [-0.3, -0.25) is 0 Å². The summed E-state index contributed by atoms with van der Waals surface area (Å²) in [5.74, 6) is 1.51. The number of hydrogen-bond donors (Lipinski definition) is 1. The van der Waals surface area contributed by atoms with Gasteiger partial charge in [-0.15, -0.1) is 0 Å². The van der Waals surface area contributed by atoms with E-state index in [0.29, 0.717) is 22.6 Å². The van der Waals surface area contributed by atoms with Gasteiger partial charge < -0.3 is 9.84 Å². The average Bonchev–Trinajstić information content (AvgIpc) is 3.01. The van der Waals surface area contributed by atoms with Gasteiger partial charge in [-0.2, -0.15) is 0 Å². The van der Waals surface area contributed by atoms with Gasteiger partial charge in [0.05, 0.1) is 7.11 Å². The molecule has 1 heterocycles. The number of nitrogens with zero attached hydrogens (tertiary/aromatic N) is 2. The largest absolute Gasteiger partial charge is 0.504 e. The number of halogens is 1. The van der Waals surface area contributed by atoms with Crippen LogP contribution in [0.1, 0.15) is 37.3 Å². The van der Waals surface area contributed by atoms with Crippen LogP contribution in [0.5, 0.6) is 11.5 Å². The van der Waals surface area contributed by atoms with E-state index in [1.807, 2.05) is 12.1 Å². The monoisotopic (exact) mass is 304 g/mol. The number of phenolic OH excluding ortho intramolecular Hbond substituents is 1. The minimum atomic E-state index is 0.0704. The van der Waals surface area contributed by atoms with Crippen LogP contribution in [-0.2, 0) is 0 Å². The molecule has 110 valence electrons. The molecule has 1 aliphatic rings. The summed E-state index contributed by atoms with van der Waals surface area (Å²) in [6, 6.07) is 6.97. The second-order valence-corrected chi connectivity index (χ2v) is 5.69. The Labute approximate surface area is 128 Å². The zero-order valence-corrected chi connectivity index (χ0v) is 12.6. The predicted molar refractivity (Wildman–Crippen MR) is 81.9 cm³/mol. The number of aromatic hydroxyl groups is 1. The molecular weight excluding hydrogens is 288 g/mol. The molecule has 0 amide bonds. The lowest BCUT2D eigenvalue weighted by molar-refractivity contribution is 0.373. The summed E-state index contributed by atoms with van der Waals surface area (Å²) >= 11 is 6.14. The van der Waals surface area contributed by atoms with Crippen molar-refractivity contribution in [1.82, 2.24) is 9.97 Å². The zero-order valence-electron chi connectivity index (χ0n) is 11.8. The van der Waals surface area contributed by atoms with Crippen LogP contribution < -0.4 is 4.74 Å². The normalized spacial score (nSPS) is 15.3. The van der Waals surface area contributed by atoms with Crippen molar-refractivity contribution in [2.75, 3.05) is 7.11 Å². The maximum absolute atomic E-state index is 9.89. The standard InChI is InChI=1S/C16H17ClN2O2/c1-21-14-7-6-11(8-13(14)20)16-18-12(9-15(17)19-16)10-4-2-3-5-10/h6-10,20H,2-5H2,1H3. The molecule has 1 saturated carbocycles. The Kier molecular flexibility index (Phi) is 3.97. The van der Waals surface area contributed by atoms with Gasteiger partial charge in [0.2, 0.25) is 0 Å². The van der Waals surface area contributed by atoms with E-state index < -0.39 is 0 Å². The molecule has 0 radical (unpaired) electrons. The molecular formula is C16H17ClN2O2. The van der Waals surface area contributed by atoms with E-state index in [0.717, 1.165) is 24.1 Å². The summed E-state index contributed by atoms with van der Waals surface area (Å²) in [7, 11) is 1.52. The first kappa shape index (κ1) is 14.1. The Hall–Kier alpha value is -1.81. The first-order chi connectivity index (χ1) is 10.2. The molecule has 4 nitrogen and oxygen atoms in total. The lowest BCUT2D eigenvalue weighted by atomic mass is 10.0. The van der Waals surface area contributed by atoms with Gasteiger partial charge in [-0.05, 0) is 37.1 Å². The molecule has 5 heteroatoms. The molecule has 0 spiro atoms. The summed E-state index contributed by atoms with van der Waals surface area (Å²) in [6.45, 7) is 0. The lowest BCUT2D eigenvalue weighted by Crippen LogP contribution is -2.00. The quantitative estimate of drug-likeness (QED) is 0.865. The number of rotatable bonds is 3. The molecule has 1 aliphatic carbocycles. The van der Waals surface area contributed by atoms with Crippen molar-refractivity contribution in [3.05, 3.63) is 35.1 Å². The molecule has 2 aromatic rings. The van der Waals surface area contributed by atoms with E-state index in [1.165, 1.54) is 20.0 Å². The van der Waals surface area contributed by atoms with Gasteiger partial charge in [-0.1, -0.05) is 24.4 Å². The molecule has 0 bridgehead atoms. The third-order valence-electron chi connectivity index (χ3n) is 3.93. The Morgan fingerprint density at radius 2 is 1.95 bits per heavy atom. The number of hydrogen-bond acceptors (Lipinski definition) is 4. The third-order valence-corrected chi connectivity index (χ3v) is 4.12. The topological polar surface area (TPSA) is 55.2 Å².